The zero-order valence-corrected chi connectivity index (χ0v) is 23.6. The van der Waals surface area contributed by atoms with Crippen molar-refractivity contribution >= 4 is 16.9 Å². The molecule has 1 amide bonds. The van der Waals surface area contributed by atoms with Crippen molar-refractivity contribution < 1.29 is 42.7 Å². The van der Waals surface area contributed by atoms with Crippen molar-refractivity contribution in [3.8, 4) is 40.2 Å². The van der Waals surface area contributed by atoms with Gasteiger partial charge in [0, 0.05) is 24.4 Å². The maximum Gasteiger partial charge on any atom is 0.343 e. The van der Waals surface area contributed by atoms with Gasteiger partial charge in [0.15, 0.2) is 23.0 Å². The van der Waals surface area contributed by atoms with Crippen LogP contribution >= 0.6 is 0 Å². The Morgan fingerprint density at radius 3 is 2.48 bits per heavy atom. The van der Waals surface area contributed by atoms with E-state index in [-0.39, 0.29) is 48.2 Å². The van der Waals surface area contributed by atoms with Crippen molar-refractivity contribution in [1.82, 2.24) is 5.32 Å². The van der Waals surface area contributed by atoms with Crippen LogP contribution in [0.5, 0.6) is 40.2 Å². The lowest BCUT2D eigenvalue weighted by Crippen LogP contribution is -2.27. The monoisotopic (exact) mass is 577 g/mol. The molecule has 1 atom stereocenters. The molecular weight excluding hydrogens is 546 g/mol. The minimum Gasteiger partial charge on any atom is -0.507 e. The molecule has 11 nitrogen and oxygen atoms in total. The Morgan fingerprint density at radius 1 is 0.976 bits per heavy atom. The Balaban J connectivity index is 1.56. The van der Waals surface area contributed by atoms with E-state index in [9.17, 15) is 14.7 Å². The number of carbonyl (C=O) groups is 1. The Kier molecular flexibility index (Phi) is 8.28. The summed E-state index contributed by atoms with van der Waals surface area (Å²) in [5.41, 5.74) is 0.464. The molecule has 0 aliphatic carbocycles. The number of hydrogen-bond acceptors (Lipinski definition) is 10. The van der Waals surface area contributed by atoms with Gasteiger partial charge in [-0.15, -0.1) is 0 Å². The van der Waals surface area contributed by atoms with Crippen molar-refractivity contribution in [2.45, 2.75) is 25.8 Å². The summed E-state index contributed by atoms with van der Waals surface area (Å²) < 4.78 is 39.0. The predicted octanol–water partition coefficient (Wildman–Crippen LogP) is 4.49. The first kappa shape index (κ1) is 28.5. The van der Waals surface area contributed by atoms with E-state index in [4.69, 9.17) is 32.8 Å². The number of nitrogens with one attached hydrogen (secondary N) is 1. The Hall–Kier alpha value is -5.06. The molecule has 5 rings (SSSR count). The molecule has 42 heavy (non-hydrogen) atoms. The van der Waals surface area contributed by atoms with Crippen molar-refractivity contribution in [2.75, 3.05) is 34.7 Å². The highest BCUT2D eigenvalue weighted by molar-refractivity contribution is 5.85. The number of carbonyl (C=O) groups excluding carboxylic acids is 1. The van der Waals surface area contributed by atoms with Crippen molar-refractivity contribution in [2.24, 2.45) is 0 Å². The van der Waals surface area contributed by atoms with Gasteiger partial charge in [-0.1, -0.05) is 18.2 Å². The lowest BCUT2D eigenvalue weighted by Gasteiger charge is -2.22. The molecular formula is C31H31NO10. The van der Waals surface area contributed by atoms with Crippen LogP contribution in [0.1, 0.15) is 36.0 Å². The highest BCUT2D eigenvalue weighted by Crippen LogP contribution is 2.53. The fourth-order valence-corrected chi connectivity index (χ4v) is 5.03. The molecule has 2 N–H and O–H groups in total. The summed E-state index contributed by atoms with van der Waals surface area (Å²) in [6, 6.07) is 13.6. The highest BCUT2D eigenvalue weighted by atomic mass is 16.7. The third kappa shape index (κ3) is 5.32. The second-order valence-electron chi connectivity index (χ2n) is 9.37. The standard InChI is InChI=1S/C31H31NO10/c1-5-39-23-12-17(10-11-22(23)36-2)15-32-25(33)14-19(26-27(34)18-8-6-7-9-21(18)42-31(26)35)20-13-24(37-3)29-30(28(20)38-4)41-16-40-29/h6-13,19,34H,5,14-16H2,1-4H3,(H,32,33). The van der Waals surface area contributed by atoms with E-state index in [0.29, 0.717) is 40.6 Å². The van der Waals surface area contributed by atoms with Gasteiger partial charge in [0.2, 0.25) is 24.2 Å². The topological polar surface area (TPSA) is 135 Å². The number of hydrogen-bond donors (Lipinski definition) is 2. The van der Waals surface area contributed by atoms with Crippen LogP contribution in [0.25, 0.3) is 11.0 Å². The van der Waals surface area contributed by atoms with Gasteiger partial charge in [0.05, 0.1) is 38.9 Å². The van der Waals surface area contributed by atoms with Gasteiger partial charge in [0.25, 0.3) is 0 Å². The molecule has 1 aliphatic rings. The average Bonchev–Trinajstić information content (AvgIpc) is 3.49. The van der Waals surface area contributed by atoms with E-state index in [1.54, 1.807) is 49.6 Å². The molecule has 1 aliphatic heterocycles. The van der Waals surface area contributed by atoms with Crippen molar-refractivity contribution in [3.05, 3.63) is 75.6 Å². The first-order valence-corrected chi connectivity index (χ1v) is 13.3. The van der Waals surface area contributed by atoms with Gasteiger partial charge in [-0.05, 0) is 42.8 Å². The molecule has 3 aromatic carbocycles. The highest BCUT2D eigenvalue weighted by Gasteiger charge is 2.35. The second kappa shape index (κ2) is 12.2. The summed E-state index contributed by atoms with van der Waals surface area (Å²) in [5, 5.41) is 14.6. The maximum absolute atomic E-state index is 13.5. The van der Waals surface area contributed by atoms with Gasteiger partial charge in [-0.2, -0.15) is 0 Å². The lowest BCUT2D eigenvalue weighted by atomic mass is 9.86. The first-order valence-electron chi connectivity index (χ1n) is 13.3. The zero-order chi connectivity index (χ0) is 29.8. The normalized spacial score (nSPS) is 12.6. The number of methoxy groups -OCH3 is 3. The van der Waals surface area contributed by atoms with Crippen LogP contribution in [0.4, 0.5) is 0 Å². The maximum atomic E-state index is 13.5. The van der Waals surface area contributed by atoms with Gasteiger partial charge in [-0.3, -0.25) is 4.79 Å². The van der Waals surface area contributed by atoms with E-state index in [1.165, 1.54) is 14.2 Å². The minimum atomic E-state index is -1.01. The zero-order valence-electron chi connectivity index (χ0n) is 23.6. The summed E-state index contributed by atoms with van der Waals surface area (Å²) in [6.07, 6.45) is -0.246. The third-order valence-electron chi connectivity index (χ3n) is 6.97. The smallest absolute Gasteiger partial charge is 0.343 e. The van der Waals surface area contributed by atoms with Gasteiger partial charge in [-0.25, -0.2) is 4.79 Å². The number of amides is 1. The summed E-state index contributed by atoms with van der Waals surface area (Å²) in [7, 11) is 4.45. The third-order valence-corrected chi connectivity index (χ3v) is 6.97. The average molecular weight is 578 g/mol. The lowest BCUT2D eigenvalue weighted by molar-refractivity contribution is -0.121. The molecule has 1 unspecified atom stereocenters. The Morgan fingerprint density at radius 2 is 1.74 bits per heavy atom. The van der Waals surface area contributed by atoms with Crippen molar-refractivity contribution in [3.63, 3.8) is 0 Å². The van der Waals surface area contributed by atoms with Gasteiger partial charge >= 0.3 is 5.63 Å². The van der Waals surface area contributed by atoms with Crippen molar-refractivity contribution in [1.29, 1.82) is 0 Å². The number of ether oxygens (including phenoxy) is 6. The van der Waals surface area contributed by atoms with Crippen LogP contribution in [0.2, 0.25) is 0 Å². The fraction of sp³-hybridized carbons (Fsp3) is 0.290. The summed E-state index contributed by atoms with van der Waals surface area (Å²) >= 11 is 0. The van der Waals surface area contributed by atoms with Crippen LogP contribution < -0.4 is 39.4 Å². The van der Waals surface area contributed by atoms with E-state index in [2.05, 4.69) is 5.32 Å². The molecule has 0 saturated heterocycles. The number of benzene rings is 3. The van der Waals surface area contributed by atoms with Gasteiger partial charge in [0.1, 0.15) is 11.3 Å². The summed E-state index contributed by atoms with van der Waals surface area (Å²) in [6.45, 7) is 2.43. The molecule has 2 heterocycles. The molecule has 11 heteroatoms. The molecule has 0 radical (unpaired) electrons. The second-order valence-corrected chi connectivity index (χ2v) is 9.37. The summed E-state index contributed by atoms with van der Waals surface area (Å²) in [5.74, 6) is 0.576. The number of rotatable bonds is 11. The molecule has 220 valence electrons. The van der Waals surface area contributed by atoms with E-state index in [1.807, 2.05) is 13.0 Å². The fourth-order valence-electron chi connectivity index (χ4n) is 5.03. The predicted molar refractivity (Wildman–Crippen MR) is 152 cm³/mol. The largest absolute Gasteiger partial charge is 0.507 e. The molecule has 0 bridgehead atoms. The van der Waals surface area contributed by atoms with E-state index >= 15 is 0 Å². The molecule has 0 fully saturated rings. The molecule has 1 aromatic heterocycles. The summed E-state index contributed by atoms with van der Waals surface area (Å²) in [4.78, 5) is 26.8. The van der Waals surface area contributed by atoms with Crippen LogP contribution in [0, 0.1) is 0 Å². The first-order chi connectivity index (χ1) is 20.4. The minimum absolute atomic E-state index is 0.0639. The quantitative estimate of drug-likeness (QED) is 0.246. The van der Waals surface area contributed by atoms with Crippen LogP contribution in [-0.2, 0) is 11.3 Å². The van der Waals surface area contributed by atoms with Gasteiger partial charge < -0.3 is 43.3 Å². The van der Waals surface area contributed by atoms with Crippen LogP contribution in [0.3, 0.4) is 0 Å². The molecule has 0 saturated carbocycles. The number of aromatic hydroxyl groups is 1. The Labute approximate surface area is 241 Å². The molecule has 0 spiro atoms. The molecule has 4 aromatic rings. The van der Waals surface area contributed by atoms with E-state index < -0.39 is 17.5 Å². The Bertz CT molecular complexity index is 1680. The van der Waals surface area contributed by atoms with E-state index in [0.717, 1.165) is 5.56 Å². The SMILES string of the molecule is CCOc1cc(CNC(=O)CC(c2cc(OC)c3c(c2OC)OCO3)c2c(O)c3ccccc3oc2=O)ccc1OC. The van der Waals surface area contributed by atoms with Crippen LogP contribution in [-0.4, -0.2) is 45.7 Å². The van der Waals surface area contributed by atoms with Crippen LogP contribution in [0.15, 0.2) is 57.7 Å². The number of fused-ring (bicyclic) bond motifs is 2. The number of para-hydroxylation sites is 1.